The third kappa shape index (κ3) is 5.94. The van der Waals surface area contributed by atoms with Crippen LogP contribution in [0.1, 0.15) is 125 Å². The van der Waals surface area contributed by atoms with Crippen molar-refractivity contribution in [3.63, 3.8) is 0 Å². The maximum absolute atomic E-state index is 3.99. The lowest BCUT2D eigenvalue weighted by Crippen LogP contribution is -2.36. The van der Waals surface area contributed by atoms with Crippen molar-refractivity contribution in [1.82, 2.24) is 10.6 Å². The summed E-state index contributed by atoms with van der Waals surface area (Å²) in [6, 6.07) is 0.762. The molecule has 2 N–H and O–H groups in total. The minimum atomic E-state index is 0.556. The summed E-state index contributed by atoms with van der Waals surface area (Å²) < 4.78 is 0. The van der Waals surface area contributed by atoms with E-state index in [1.54, 1.807) is 0 Å². The van der Waals surface area contributed by atoms with Gasteiger partial charge < -0.3 is 10.6 Å². The second-order valence-corrected chi connectivity index (χ2v) is 13.0. The minimum Gasteiger partial charge on any atom is -0.317 e. The highest BCUT2D eigenvalue weighted by molar-refractivity contribution is 5.08. The van der Waals surface area contributed by atoms with Gasteiger partial charge in [0.15, 0.2) is 0 Å². The fraction of sp³-hybridized carbons (Fsp3) is 1.00. The average Bonchev–Trinajstić information content (AvgIpc) is 3.23. The number of hydrogen-bond donors (Lipinski definition) is 2. The summed E-state index contributed by atoms with van der Waals surface area (Å²) in [4.78, 5) is 0. The predicted molar refractivity (Wildman–Crippen MR) is 141 cm³/mol. The number of nitrogens with one attached hydrogen (secondary N) is 2. The van der Waals surface area contributed by atoms with Gasteiger partial charge in [-0.15, -0.1) is 0 Å². The first-order valence-electron chi connectivity index (χ1n) is 14.8. The third-order valence-electron chi connectivity index (χ3n) is 10.9. The van der Waals surface area contributed by atoms with Gasteiger partial charge in [-0.2, -0.15) is 0 Å². The first-order chi connectivity index (χ1) is 15.3. The van der Waals surface area contributed by atoms with Crippen LogP contribution in [0.3, 0.4) is 0 Å². The van der Waals surface area contributed by atoms with E-state index in [0.29, 0.717) is 10.8 Å². The molecule has 0 heterocycles. The van der Waals surface area contributed by atoms with Gasteiger partial charge in [-0.05, 0) is 111 Å². The van der Waals surface area contributed by atoms with Crippen LogP contribution in [-0.2, 0) is 0 Å². The van der Waals surface area contributed by atoms with Gasteiger partial charge in [0, 0.05) is 6.04 Å². The molecule has 188 valence electrons. The second kappa shape index (κ2) is 12.1. The molecule has 3 aliphatic carbocycles. The number of rotatable bonds is 13. The van der Waals surface area contributed by atoms with Gasteiger partial charge in [0.25, 0.3) is 0 Å². The van der Waals surface area contributed by atoms with E-state index in [9.17, 15) is 0 Å². The summed E-state index contributed by atoms with van der Waals surface area (Å²) in [5, 5.41) is 7.62. The lowest BCUT2D eigenvalue weighted by atomic mass is 9.63. The topological polar surface area (TPSA) is 24.1 Å². The Morgan fingerprint density at radius 2 is 1.56 bits per heavy atom. The lowest BCUT2D eigenvalue weighted by Gasteiger charge is -2.42. The Morgan fingerprint density at radius 1 is 0.812 bits per heavy atom. The Morgan fingerprint density at radius 3 is 2.31 bits per heavy atom. The van der Waals surface area contributed by atoms with E-state index in [4.69, 9.17) is 0 Å². The fourth-order valence-electron chi connectivity index (χ4n) is 8.61. The van der Waals surface area contributed by atoms with Gasteiger partial charge in [-0.3, -0.25) is 0 Å². The Balaban J connectivity index is 1.50. The SMILES string of the molecule is CCCCCNCCCNC1CC2CC3CCC(C(C)CCCC)C3(C)CC(C)C2(C)C1. The molecule has 3 saturated carbocycles. The second-order valence-electron chi connectivity index (χ2n) is 13.0. The van der Waals surface area contributed by atoms with Crippen molar-refractivity contribution in [2.75, 3.05) is 19.6 Å². The molecule has 0 aromatic carbocycles. The van der Waals surface area contributed by atoms with E-state index in [1.165, 1.54) is 103 Å². The summed E-state index contributed by atoms with van der Waals surface area (Å²) in [5.41, 5.74) is 1.16. The predicted octanol–water partition coefficient (Wildman–Crippen LogP) is 7.82. The minimum absolute atomic E-state index is 0.556. The molecule has 3 aliphatic rings. The van der Waals surface area contributed by atoms with Gasteiger partial charge in [-0.1, -0.05) is 73.6 Å². The van der Waals surface area contributed by atoms with Crippen LogP contribution in [0.25, 0.3) is 0 Å². The Kier molecular flexibility index (Phi) is 9.99. The van der Waals surface area contributed by atoms with Gasteiger partial charge >= 0.3 is 0 Å². The maximum Gasteiger partial charge on any atom is 0.00753 e. The Bertz CT molecular complexity index is 547. The van der Waals surface area contributed by atoms with Gasteiger partial charge in [0.05, 0.1) is 0 Å². The molecule has 3 rings (SSSR count). The highest BCUT2D eigenvalue weighted by Gasteiger charge is 2.57. The standard InChI is InChI=1S/C30H58N2/c1-7-9-11-16-31-17-12-18-32-27-20-26-19-25-14-15-28(23(3)13-10-8-2)30(25,6)21-24(4)29(26,5)22-27/h23-28,31-32H,7-22H2,1-6H3. The van der Waals surface area contributed by atoms with E-state index in [1.807, 2.05) is 0 Å². The summed E-state index contributed by atoms with van der Waals surface area (Å²) in [6.07, 6.45) is 18.4. The molecule has 0 aromatic rings. The molecule has 2 heteroatoms. The van der Waals surface area contributed by atoms with Crippen LogP contribution in [0, 0.1) is 40.4 Å². The van der Waals surface area contributed by atoms with Crippen LogP contribution in [0.5, 0.6) is 0 Å². The van der Waals surface area contributed by atoms with E-state index < -0.39 is 0 Å². The average molecular weight is 447 g/mol. The van der Waals surface area contributed by atoms with Crippen molar-refractivity contribution in [1.29, 1.82) is 0 Å². The number of hydrogen-bond acceptors (Lipinski definition) is 2. The van der Waals surface area contributed by atoms with Crippen LogP contribution >= 0.6 is 0 Å². The van der Waals surface area contributed by atoms with E-state index in [0.717, 1.165) is 35.6 Å². The molecule has 0 saturated heterocycles. The summed E-state index contributed by atoms with van der Waals surface area (Å²) >= 11 is 0. The summed E-state index contributed by atoms with van der Waals surface area (Å²) in [6.45, 7) is 18.8. The summed E-state index contributed by atoms with van der Waals surface area (Å²) in [7, 11) is 0. The lowest BCUT2D eigenvalue weighted by molar-refractivity contribution is 0.0683. The van der Waals surface area contributed by atoms with Crippen LogP contribution in [0.15, 0.2) is 0 Å². The highest BCUT2D eigenvalue weighted by atomic mass is 14.9. The van der Waals surface area contributed by atoms with E-state index >= 15 is 0 Å². The van der Waals surface area contributed by atoms with Crippen LogP contribution in [-0.4, -0.2) is 25.7 Å². The maximum atomic E-state index is 3.99. The zero-order chi connectivity index (χ0) is 23.2. The molecular formula is C30H58N2. The van der Waals surface area contributed by atoms with E-state index in [2.05, 4.69) is 52.2 Å². The van der Waals surface area contributed by atoms with Gasteiger partial charge in [-0.25, -0.2) is 0 Å². The first-order valence-corrected chi connectivity index (χ1v) is 14.8. The normalized spacial score (nSPS) is 40.1. The molecule has 0 aromatic heterocycles. The smallest absolute Gasteiger partial charge is 0.00753 e. The van der Waals surface area contributed by atoms with Crippen molar-refractivity contribution in [3.8, 4) is 0 Å². The van der Waals surface area contributed by atoms with Gasteiger partial charge in [0.1, 0.15) is 0 Å². The Labute approximate surface area is 201 Å². The molecule has 0 amide bonds. The summed E-state index contributed by atoms with van der Waals surface area (Å²) in [5.74, 6) is 4.69. The van der Waals surface area contributed by atoms with Crippen LogP contribution < -0.4 is 10.6 Å². The van der Waals surface area contributed by atoms with Crippen molar-refractivity contribution >= 4 is 0 Å². The molecule has 0 bridgehead atoms. The Hall–Kier alpha value is -0.0800. The van der Waals surface area contributed by atoms with Crippen molar-refractivity contribution in [3.05, 3.63) is 0 Å². The fourth-order valence-corrected chi connectivity index (χ4v) is 8.61. The molecule has 0 aliphatic heterocycles. The van der Waals surface area contributed by atoms with Crippen molar-refractivity contribution in [2.24, 2.45) is 40.4 Å². The van der Waals surface area contributed by atoms with Crippen LogP contribution in [0.4, 0.5) is 0 Å². The number of fused-ring (bicyclic) bond motifs is 2. The molecule has 0 radical (unpaired) electrons. The van der Waals surface area contributed by atoms with Crippen molar-refractivity contribution < 1.29 is 0 Å². The first kappa shape index (κ1) is 26.5. The molecular weight excluding hydrogens is 388 g/mol. The quantitative estimate of drug-likeness (QED) is 0.282. The van der Waals surface area contributed by atoms with Gasteiger partial charge in [0.2, 0.25) is 0 Å². The third-order valence-corrected chi connectivity index (χ3v) is 10.9. The molecule has 3 fully saturated rings. The van der Waals surface area contributed by atoms with Crippen molar-refractivity contribution in [2.45, 2.75) is 131 Å². The highest BCUT2D eigenvalue weighted by Crippen LogP contribution is 2.65. The zero-order valence-electron chi connectivity index (χ0n) is 22.8. The molecule has 32 heavy (non-hydrogen) atoms. The number of unbranched alkanes of at least 4 members (excludes halogenated alkanes) is 3. The molecule has 8 unspecified atom stereocenters. The zero-order valence-corrected chi connectivity index (χ0v) is 22.8. The molecule has 2 nitrogen and oxygen atoms in total. The van der Waals surface area contributed by atoms with Crippen LogP contribution in [0.2, 0.25) is 0 Å². The monoisotopic (exact) mass is 446 g/mol. The molecule has 0 spiro atoms. The largest absolute Gasteiger partial charge is 0.317 e. The molecule has 8 atom stereocenters. The van der Waals surface area contributed by atoms with E-state index in [-0.39, 0.29) is 0 Å².